The molecule has 106 valence electrons. The summed E-state index contributed by atoms with van der Waals surface area (Å²) in [5.41, 5.74) is 6.89. The number of hydrogen-bond acceptors (Lipinski definition) is 7. The van der Waals surface area contributed by atoms with Crippen molar-refractivity contribution in [2.24, 2.45) is 5.84 Å². The van der Waals surface area contributed by atoms with E-state index in [9.17, 15) is 0 Å². The van der Waals surface area contributed by atoms with Crippen LogP contribution in [0.4, 0.5) is 11.6 Å². The number of aromatic nitrogens is 2. The lowest BCUT2D eigenvalue weighted by Gasteiger charge is -2.28. The molecule has 0 radical (unpaired) electrons. The van der Waals surface area contributed by atoms with Gasteiger partial charge in [-0.3, -0.25) is 0 Å². The fourth-order valence-electron chi connectivity index (χ4n) is 1.97. The smallest absolute Gasteiger partial charge is 0.149 e. The maximum atomic E-state index is 5.52. The van der Waals surface area contributed by atoms with E-state index in [2.05, 4.69) is 32.8 Å². The van der Waals surface area contributed by atoms with Gasteiger partial charge in [-0.25, -0.2) is 20.8 Å². The van der Waals surface area contributed by atoms with Crippen LogP contribution in [0.2, 0.25) is 0 Å². The number of nitrogens with two attached hydrogens (primary N) is 1. The Hall–Kier alpha value is -1.44. The SMILES string of the molecule is CCCc1nc(NN)c(C)c(NN2CCOCC2)n1. The zero-order chi connectivity index (χ0) is 13.7. The third-order valence-electron chi connectivity index (χ3n) is 3.08. The van der Waals surface area contributed by atoms with Crippen molar-refractivity contribution in [3.63, 3.8) is 0 Å². The van der Waals surface area contributed by atoms with Gasteiger partial charge in [-0.05, 0) is 13.3 Å². The highest BCUT2D eigenvalue weighted by Crippen LogP contribution is 2.20. The maximum absolute atomic E-state index is 5.52. The van der Waals surface area contributed by atoms with Crippen molar-refractivity contribution in [2.45, 2.75) is 26.7 Å². The Morgan fingerprint density at radius 2 is 1.95 bits per heavy atom. The summed E-state index contributed by atoms with van der Waals surface area (Å²) in [7, 11) is 0. The van der Waals surface area contributed by atoms with Gasteiger partial charge in [0.25, 0.3) is 0 Å². The van der Waals surface area contributed by atoms with E-state index in [1.54, 1.807) is 0 Å². The minimum Gasteiger partial charge on any atom is -0.379 e. The van der Waals surface area contributed by atoms with Crippen LogP contribution in [0.15, 0.2) is 0 Å². The second-order valence-corrected chi connectivity index (χ2v) is 4.57. The van der Waals surface area contributed by atoms with Crippen molar-refractivity contribution >= 4 is 11.6 Å². The van der Waals surface area contributed by atoms with Gasteiger partial charge < -0.3 is 15.6 Å². The van der Waals surface area contributed by atoms with E-state index in [4.69, 9.17) is 10.6 Å². The van der Waals surface area contributed by atoms with Crippen molar-refractivity contribution in [1.82, 2.24) is 15.0 Å². The predicted molar refractivity (Wildman–Crippen MR) is 74.6 cm³/mol. The van der Waals surface area contributed by atoms with Crippen LogP contribution in [0, 0.1) is 6.92 Å². The van der Waals surface area contributed by atoms with Gasteiger partial charge >= 0.3 is 0 Å². The number of hydrogen-bond donors (Lipinski definition) is 3. The molecule has 4 N–H and O–H groups in total. The number of ether oxygens (including phenoxy) is 1. The summed E-state index contributed by atoms with van der Waals surface area (Å²) in [5, 5.41) is 2.11. The molecule has 0 bridgehead atoms. The van der Waals surface area contributed by atoms with E-state index >= 15 is 0 Å². The van der Waals surface area contributed by atoms with E-state index in [-0.39, 0.29) is 0 Å². The first-order chi connectivity index (χ1) is 9.24. The van der Waals surface area contributed by atoms with Crippen LogP contribution in [0.5, 0.6) is 0 Å². The lowest BCUT2D eigenvalue weighted by Crippen LogP contribution is -2.40. The van der Waals surface area contributed by atoms with Crippen molar-refractivity contribution in [1.29, 1.82) is 0 Å². The fourth-order valence-corrected chi connectivity index (χ4v) is 1.97. The molecule has 19 heavy (non-hydrogen) atoms. The third-order valence-corrected chi connectivity index (χ3v) is 3.08. The van der Waals surface area contributed by atoms with Gasteiger partial charge in [-0.1, -0.05) is 6.92 Å². The normalized spacial score (nSPS) is 16.4. The molecule has 1 fully saturated rings. The molecule has 1 aliphatic rings. The van der Waals surface area contributed by atoms with Crippen LogP contribution >= 0.6 is 0 Å². The van der Waals surface area contributed by atoms with Gasteiger partial charge in [0.2, 0.25) is 0 Å². The summed E-state index contributed by atoms with van der Waals surface area (Å²) in [5.74, 6) is 7.81. The Morgan fingerprint density at radius 1 is 1.26 bits per heavy atom. The van der Waals surface area contributed by atoms with E-state index in [0.29, 0.717) is 5.82 Å². The lowest BCUT2D eigenvalue weighted by atomic mass is 10.2. The number of aryl methyl sites for hydroxylation is 1. The number of nitrogens with zero attached hydrogens (tertiary/aromatic N) is 3. The molecule has 1 aliphatic heterocycles. The van der Waals surface area contributed by atoms with E-state index in [1.165, 1.54) is 0 Å². The van der Waals surface area contributed by atoms with Crippen LogP contribution in [0.3, 0.4) is 0 Å². The minimum absolute atomic E-state index is 0.675. The number of nitrogens with one attached hydrogen (secondary N) is 2. The highest BCUT2D eigenvalue weighted by molar-refractivity contribution is 5.56. The number of anilines is 2. The standard InChI is InChI=1S/C12H22N6O/c1-3-4-10-14-11(16-13)9(2)12(15-10)17-18-5-7-19-8-6-18/h3-8,13H2,1-2H3,(H2,14,15,16,17). The molecule has 1 aromatic heterocycles. The molecule has 2 rings (SSSR count). The summed E-state index contributed by atoms with van der Waals surface area (Å²) in [6.07, 6.45) is 1.84. The first kappa shape index (κ1) is 14.0. The molecule has 1 aromatic rings. The first-order valence-corrected chi connectivity index (χ1v) is 6.68. The molecule has 0 amide bonds. The molecule has 0 spiro atoms. The molecule has 1 saturated heterocycles. The Kier molecular flexibility index (Phi) is 4.89. The molecular weight excluding hydrogens is 244 g/mol. The monoisotopic (exact) mass is 266 g/mol. The predicted octanol–water partition coefficient (Wildman–Crippen LogP) is 0.682. The van der Waals surface area contributed by atoms with Crippen LogP contribution in [-0.2, 0) is 11.2 Å². The minimum atomic E-state index is 0.675. The molecule has 2 heterocycles. The Bertz CT molecular complexity index is 419. The molecule has 0 unspecified atom stereocenters. The van der Waals surface area contributed by atoms with Crippen molar-refractivity contribution in [3.05, 3.63) is 11.4 Å². The van der Waals surface area contributed by atoms with Crippen molar-refractivity contribution in [3.8, 4) is 0 Å². The highest BCUT2D eigenvalue weighted by atomic mass is 16.5. The van der Waals surface area contributed by atoms with E-state index in [0.717, 1.165) is 56.4 Å². The largest absolute Gasteiger partial charge is 0.379 e. The number of hydrazine groups is 2. The first-order valence-electron chi connectivity index (χ1n) is 6.68. The molecule has 7 heteroatoms. The zero-order valence-corrected chi connectivity index (χ0v) is 11.6. The summed E-state index contributed by atoms with van der Waals surface area (Å²) < 4.78 is 5.33. The molecule has 7 nitrogen and oxygen atoms in total. The Morgan fingerprint density at radius 3 is 2.58 bits per heavy atom. The van der Waals surface area contributed by atoms with Crippen LogP contribution in [0.25, 0.3) is 0 Å². The van der Waals surface area contributed by atoms with Crippen molar-refractivity contribution in [2.75, 3.05) is 37.2 Å². The Balaban J connectivity index is 2.18. The number of rotatable bonds is 5. The highest BCUT2D eigenvalue weighted by Gasteiger charge is 2.15. The lowest BCUT2D eigenvalue weighted by molar-refractivity contribution is 0.0494. The second-order valence-electron chi connectivity index (χ2n) is 4.57. The molecule has 0 aromatic carbocycles. The number of morpholine rings is 1. The van der Waals surface area contributed by atoms with E-state index in [1.807, 2.05) is 6.92 Å². The van der Waals surface area contributed by atoms with E-state index < -0.39 is 0 Å². The van der Waals surface area contributed by atoms with Gasteiger partial charge in [-0.15, -0.1) is 0 Å². The van der Waals surface area contributed by atoms with Crippen molar-refractivity contribution < 1.29 is 4.74 Å². The van der Waals surface area contributed by atoms with Crippen LogP contribution in [-0.4, -0.2) is 41.3 Å². The Labute approximate surface area is 113 Å². The van der Waals surface area contributed by atoms with Gasteiger partial charge in [0.05, 0.1) is 13.2 Å². The van der Waals surface area contributed by atoms with Gasteiger partial charge in [-0.2, -0.15) is 0 Å². The summed E-state index contributed by atoms with van der Waals surface area (Å²) >= 11 is 0. The van der Waals surface area contributed by atoms with Gasteiger partial charge in [0.1, 0.15) is 17.5 Å². The topological polar surface area (TPSA) is 88.3 Å². The molecular formula is C12H22N6O. The quantitative estimate of drug-likeness (QED) is 0.533. The molecule has 0 atom stereocenters. The second kappa shape index (κ2) is 6.65. The summed E-state index contributed by atoms with van der Waals surface area (Å²) in [6.45, 7) is 7.22. The van der Waals surface area contributed by atoms with Gasteiger partial charge in [0.15, 0.2) is 0 Å². The maximum Gasteiger partial charge on any atom is 0.149 e. The third kappa shape index (κ3) is 3.52. The van der Waals surface area contributed by atoms with Crippen LogP contribution in [0.1, 0.15) is 24.7 Å². The zero-order valence-electron chi connectivity index (χ0n) is 11.6. The van der Waals surface area contributed by atoms with Gasteiger partial charge in [0, 0.05) is 25.1 Å². The summed E-state index contributed by atoms with van der Waals surface area (Å²) in [4.78, 5) is 8.97. The number of nitrogen functional groups attached to an aromatic ring is 1. The average molecular weight is 266 g/mol. The summed E-state index contributed by atoms with van der Waals surface area (Å²) in [6, 6.07) is 0. The fraction of sp³-hybridized carbons (Fsp3) is 0.667. The molecule has 0 aliphatic carbocycles. The molecule has 0 saturated carbocycles. The average Bonchev–Trinajstić information content (AvgIpc) is 2.43. The van der Waals surface area contributed by atoms with Crippen LogP contribution < -0.4 is 16.7 Å².